The van der Waals surface area contributed by atoms with Crippen LogP contribution < -0.4 is 11.1 Å². The van der Waals surface area contributed by atoms with Crippen LogP contribution >= 0.6 is 11.8 Å². The number of thioether (sulfide) groups is 1. The van der Waals surface area contributed by atoms with Gasteiger partial charge in [-0.25, -0.2) is 0 Å². The number of benzene rings is 2. The molecule has 0 bridgehead atoms. The van der Waals surface area contributed by atoms with Gasteiger partial charge in [0.05, 0.1) is 11.1 Å². The molecule has 2 aromatic carbocycles. The highest BCUT2D eigenvalue weighted by molar-refractivity contribution is 8.13. The molecule has 0 spiro atoms. The first kappa shape index (κ1) is 21.8. The normalized spacial score (nSPS) is 12.3. The van der Waals surface area contributed by atoms with Gasteiger partial charge in [0.25, 0.3) is 0 Å². The van der Waals surface area contributed by atoms with Crippen LogP contribution in [0.25, 0.3) is 10.9 Å². The largest absolute Gasteiger partial charge is 0.416 e. The number of aromatic amines is 1. The molecule has 0 amide bonds. The zero-order valence-corrected chi connectivity index (χ0v) is 17.0. The first-order valence-electron chi connectivity index (χ1n) is 9.30. The van der Waals surface area contributed by atoms with Gasteiger partial charge in [0.15, 0.2) is 11.0 Å². The second-order valence-corrected chi connectivity index (χ2v) is 7.58. The summed E-state index contributed by atoms with van der Waals surface area (Å²) in [5.74, 6) is 1.16. The number of H-pyrrole nitrogens is 1. The Hall–Kier alpha value is -2.94. The number of aryl methyl sites for hydroxylation is 1. The lowest BCUT2D eigenvalue weighted by Gasteiger charge is -2.08. The van der Waals surface area contributed by atoms with E-state index in [1.54, 1.807) is 6.20 Å². The number of nitrogens with zero attached hydrogens (tertiary/aromatic N) is 2. The lowest BCUT2D eigenvalue weighted by molar-refractivity contribution is -0.137. The molecule has 0 saturated carbocycles. The Morgan fingerprint density at radius 1 is 1.20 bits per heavy atom. The summed E-state index contributed by atoms with van der Waals surface area (Å²) in [6.07, 6.45) is -1.35. The molecule has 0 aliphatic carbocycles. The number of amidine groups is 1. The first-order chi connectivity index (χ1) is 14.4. The SMILES string of the molecule is C=CNC(=NCCCc1ccc(C(F)(F)F)cc1)SCc1ccc2[nH]nc(N)c2c1. The summed E-state index contributed by atoms with van der Waals surface area (Å²) in [5.41, 5.74) is 8.06. The zero-order valence-electron chi connectivity index (χ0n) is 16.2. The Bertz CT molecular complexity index is 1030. The molecular weight excluding hydrogens is 411 g/mol. The van der Waals surface area contributed by atoms with Crippen LogP contribution in [0, 0.1) is 0 Å². The number of aromatic nitrogens is 2. The summed E-state index contributed by atoms with van der Waals surface area (Å²) in [7, 11) is 0. The van der Waals surface area contributed by atoms with Gasteiger partial charge in [-0.05, 0) is 54.4 Å². The molecule has 3 aromatic rings. The van der Waals surface area contributed by atoms with E-state index in [2.05, 4.69) is 27.1 Å². The van der Waals surface area contributed by atoms with E-state index in [1.807, 2.05) is 18.2 Å². The Kier molecular flexibility index (Phi) is 7.04. The van der Waals surface area contributed by atoms with E-state index >= 15 is 0 Å². The number of rotatable bonds is 7. The molecule has 3 rings (SSSR count). The Morgan fingerprint density at radius 3 is 2.63 bits per heavy atom. The molecular formula is C21H22F3N5S. The summed E-state index contributed by atoms with van der Waals surface area (Å²) in [6.45, 7) is 4.23. The predicted octanol–water partition coefficient (Wildman–Crippen LogP) is 5.12. The Balaban J connectivity index is 1.52. The number of fused-ring (bicyclic) bond motifs is 1. The van der Waals surface area contributed by atoms with Gasteiger partial charge in [-0.1, -0.05) is 36.5 Å². The fraction of sp³-hybridized carbons (Fsp3) is 0.238. The average Bonchev–Trinajstić information content (AvgIpc) is 3.09. The van der Waals surface area contributed by atoms with Crippen molar-refractivity contribution in [1.29, 1.82) is 0 Å². The summed E-state index contributed by atoms with van der Waals surface area (Å²) >= 11 is 1.54. The fourth-order valence-electron chi connectivity index (χ4n) is 2.87. The van der Waals surface area contributed by atoms with Crippen molar-refractivity contribution >= 4 is 33.7 Å². The van der Waals surface area contributed by atoms with Crippen LogP contribution in [0.3, 0.4) is 0 Å². The molecule has 4 N–H and O–H groups in total. The van der Waals surface area contributed by atoms with Crippen molar-refractivity contribution < 1.29 is 13.2 Å². The van der Waals surface area contributed by atoms with Crippen LogP contribution in [0.4, 0.5) is 19.0 Å². The number of nitrogen functional groups attached to an aromatic ring is 1. The van der Waals surface area contributed by atoms with Gasteiger partial charge in [-0.15, -0.1) is 0 Å². The molecule has 0 radical (unpaired) electrons. The summed E-state index contributed by atoms with van der Waals surface area (Å²) in [4.78, 5) is 4.54. The van der Waals surface area contributed by atoms with Crippen molar-refractivity contribution in [1.82, 2.24) is 15.5 Å². The molecule has 158 valence electrons. The minimum absolute atomic E-state index is 0.471. The molecule has 5 nitrogen and oxygen atoms in total. The number of aliphatic imine (C=N–C) groups is 1. The van der Waals surface area contributed by atoms with Crippen LogP contribution in [-0.4, -0.2) is 21.9 Å². The van der Waals surface area contributed by atoms with E-state index in [4.69, 9.17) is 5.73 Å². The van der Waals surface area contributed by atoms with E-state index in [-0.39, 0.29) is 0 Å². The third kappa shape index (κ3) is 5.79. The fourth-order valence-corrected chi connectivity index (χ4v) is 3.70. The number of halogens is 3. The maximum Gasteiger partial charge on any atom is 0.416 e. The average molecular weight is 434 g/mol. The third-order valence-electron chi connectivity index (χ3n) is 4.42. The zero-order chi connectivity index (χ0) is 21.6. The molecule has 30 heavy (non-hydrogen) atoms. The van der Waals surface area contributed by atoms with Crippen molar-refractivity contribution in [2.24, 2.45) is 4.99 Å². The topological polar surface area (TPSA) is 79.1 Å². The second kappa shape index (κ2) is 9.71. The number of alkyl halides is 3. The van der Waals surface area contributed by atoms with Gasteiger partial charge >= 0.3 is 6.18 Å². The first-order valence-corrected chi connectivity index (χ1v) is 10.3. The molecule has 0 unspecified atom stereocenters. The van der Waals surface area contributed by atoms with Crippen LogP contribution in [0.15, 0.2) is 60.2 Å². The second-order valence-electron chi connectivity index (χ2n) is 6.61. The van der Waals surface area contributed by atoms with Crippen molar-refractivity contribution in [2.45, 2.75) is 24.8 Å². The third-order valence-corrected chi connectivity index (χ3v) is 5.42. The lowest BCUT2D eigenvalue weighted by atomic mass is 10.1. The molecule has 0 aliphatic heterocycles. The maximum atomic E-state index is 12.6. The lowest BCUT2D eigenvalue weighted by Crippen LogP contribution is -2.14. The molecule has 1 heterocycles. The van der Waals surface area contributed by atoms with E-state index in [9.17, 15) is 13.2 Å². The molecule has 0 fully saturated rings. The number of anilines is 1. The molecule has 0 aliphatic rings. The summed E-state index contributed by atoms with van der Waals surface area (Å²) in [6, 6.07) is 11.2. The molecule has 0 saturated heterocycles. The summed E-state index contributed by atoms with van der Waals surface area (Å²) in [5, 5.41) is 11.5. The van der Waals surface area contributed by atoms with Crippen molar-refractivity contribution in [3.8, 4) is 0 Å². The predicted molar refractivity (Wildman–Crippen MR) is 117 cm³/mol. The smallest absolute Gasteiger partial charge is 0.382 e. The van der Waals surface area contributed by atoms with Gasteiger partial charge in [0.2, 0.25) is 0 Å². The van der Waals surface area contributed by atoms with Crippen LogP contribution in [0.1, 0.15) is 23.1 Å². The summed E-state index contributed by atoms with van der Waals surface area (Å²) < 4.78 is 37.9. The molecule has 0 atom stereocenters. The molecule has 1 aromatic heterocycles. The van der Waals surface area contributed by atoms with E-state index < -0.39 is 11.7 Å². The van der Waals surface area contributed by atoms with Gasteiger partial charge in [-0.2, -0.15) is 18.3 Å². The van der Waals surface area contributed by atoms with Crippen molar-refractivity contribution in [3.05, 3.63) is 71.9 Å². The van der Waals surface area contributed by atoms with Crippen LogP contribution in [0.2, 0.25) is 0 Å². The van der Waals surface area contributed by atoms with Crippen molar-refractivity contribution in [2.75, 3.05) is 12.3 Å². The Morgan fingerprint density at radius 2 is 1.93 bits per heavy atom. The van der Waals surface area contributed by atoms with Crippen molar-refractivity contribution in [3.63, 3.8) is 0 Å². The minimum Gasteiger partial charge on any atom is -0.382 e. The molecule has 9 heteroatoms. The van der Waals surface area contributed by atoms with E-state index in [0.29, 0.717) is 24.5 Å². The number of nitrogens with one attached hydrogen (secondary N) is 2. The minimum atomic E-state index is -4.31. The van der Waals surface area contributed by atoms with E-state index in [0.717, 1.165) is 45.8 Å². The van der Waals surface area contributed by atoms with E-state index in [1.165, 1.54) is 23.9 Å². The van der Waals surface area contributed by atoms with Gasteiger partial charge in [-0.3, -0.25) is 10.1 Å². The monoisotopic (exact) mass is 433 g/mol. The quantitative estimate of drug-likeness (QED) is 0.275. The van der Waals surface area contributed by atoms with Crippen LogP contribution in [0.5, 0.6) is 0 Å². The maximum absolute atomic E-state index is 12.6. The highest BCUT2D eigenvalue weighted by atomic mass is 32.2. The Labute approximate surface area is 176 Å². The van der Waals surface area contributed by atoms with Gasteiger partial charge in [0, 0.05) is 17.7 Å². The highest BCUT2D eigenvalue weighted by Crippen LogP contribution is 2.29. The standard InChI is InChI=1S/C21H22F3N5S/c1-2-26-20(30-13-15-7-10-18-17(12-15)19(25)29-28-18)27-11-3-4-14-5-8-16(9-6-14)21(22,23)24/h2,5-10,12H,1,3-4,11,13H2,(H,26,27)(H3,25,28,29). The number of nitrogens with two attached hydrogens (primary N) is 1. The van der Waals surface area contributed by atoms with Gasteiger partial charge < -0.3 is 11.1 Å². The van der Waals surface area contributed by atoms with Crippen LogP contribution in [-0.2, 0) is 18.3 Å². The van der Waals surface area contributed by atoms with Gasteiger partial charge in [0.1, 0.15) is 0 Å². The highest BCUT2D eigenvalue weighted by Gasteiger charge is 2.29. The number of hydrogen-bond acceptors (Lipinski definition) is 4. The number of hydrogen-bond donors (Lipinski definition) is 3.